The largest absolute Gasteiger partial charge is 0.370 e. The summed E-state index contributed by atoms with van der Waals surface area (Å²) in [6, 6.07) is 18.0. The summed E-state index contributed by atoms with van der Waals surface area (Å²) in [5.41, 5.74) is 8.10. The minimum atomic E-state index is -0.172. The Hall–Kier alpha value is -1.27. The monoisotopic (exact) mass is 413 g/mol. The van der Waals surface area contributed by atoms with Gasteiger partial charge < -0.3 is 10.6 Å². The zero-order chi connectivity index (χ0) is 15.2. The van der Waals surface area contributed by atoms with Crippen molar-refractivity contribution < 1.29 is 0 Å². The van der Waals surface area contributed by atoms with Gasteiger partial charge in [0.05, 0.1) is 11.9 Å². The molecule has 0 radical (unpaired) electrons. The lowest BCUT2D eigenvalue weighted by atomic mass is 10.1. The van der Waals surface area contributed by atoms with Crippen LogP contribution in [-0.2, 0) is 0 Å². The van der Waals surface area contributed by atoms with Crippen molar-refractivity contribution in [3.05, 3.63) is 63.7 Å². The first-order chi connectivity index (χ1) is 10.1. The van der Waals surface area contributed by atoms with Crippen LogP contribution in [0.5, 0.6) is 0 Å². The molecule has 110 valence electrons. The second-order valence-corrected chi connectivity index (χ2v) is 6.39. The Morgan fingerprint density at radius 3 is 2.62 bits per heavy atom. The molecule has 21 heavy (non-hydrogen) atoms. The molecule has 3 nitrogen and oxygen atoms in total. The van der Waals surface area contributed by atoms with Gasteiger partial charge in [-0.15, -0.1) is 11.6 Å². The van der Waals surface area contributed by atoms with Crippen molar-refractivity contribution in [2.45, 2.75) is 5.38 Å². The molecule has 0 amide bonds. The summed E-state index contributed by atoms with van der Waals surface area (Å²) >= 11 is 8.62. The van der Waals surface area contributed by atoms with Crippen LogP contribution in [0.25, 0.3) is 0 Å². The van der Waals surface area contributed by atoms with E-state index in [1.54, 1.807) is 0 Å². The number of halogens is 2. The smallest absolute Gasteiger partial charge is 0.195 e. The Morgan fingerprint density at radius 2 is 1.95 bits per heavy atom. The average Bonchev–Trinajstić information content (AvgIpc) is 2.52. The number of guanidine groups is 1. The van der Waals surface area contributed by atoms with Crippen molar-refractivity contribution in [3.8, 4) is 0 Å². The molecule has 2 rings (SSSR count). The van der Waals surface area contributed by atoms with Crippen molar-refractivity contribution in [2.24, 2.45) is 10.7 Å². The Labute approximate surface area is 144 Å². The highest BCUT2D eigenvalue weighted by Crippen LogP contribution is 2.20. The van der Waals surface area contributed by atoms with Crippen LogP contribution in [-0.4, -0.2) is 19.6 Å². The Bertz CT molecular complexity index is 616. The van der Waals surface area contributed by atoms with E-state index in [0.717, 1.165) is 14.8 Å². The lowest BCUT2D eigenvalue weighted by Crippen LogP contribution is -2.34. The van der Waals surface area contributed by atoms with Gasteiger partial charge in [0.1, 0.15) is 0 Å². The summed E-state index contributed by atoms with van der Waals surface area (Å²) in [4.78, 5) is 6.25. The third-order valence-corrected chi connectivity index (χ3v) is 4.17. The summed E-state index contributed by atoms with van der Waals surface area (Å²) < 4.78 is 1.16. The molecule has 1 atom stereocenters. The third kappa shape index (κ3) is 4.61. The third-order valence-electron chi connectivity index (χ3n) is 3.11. The minimum absolute atomic E-state index is 0.172. The van der Waals surface area contributed by atoms with E-state index in [0.29, 0.717) is 12.5 Å². The molecule has 0 aliphatic heterocycles. The summed E-state index contributed by atoms with van der Waals surface area (Å²) in [5, 5.41) is -0.172. The van der Waals surface area contributed by atoms with Gasteiger partial charge in [0, 0.05) is 16.3 Å². The number of alkyl halides is 1. The summed E-state index contributed by atoms with van der Waals surface area (Å²) in [5.74, 6) is 0.457. The molecule has 0 fully saturated rings. The molecule has 5 heteroatoms. The van der Waals surface area contributed by atoms with Crippen molar-refractivity contribution in [3.63, 3.8) is 0 Å². The van der Waals surface area contributed by atoms with Gasteiger partial charge in [0.2, 0.25) is 0 Å². The van der Waals surface area contributed by atoms with Gasteiger partial charge in [-0.3, -0.25) is 4.99 Å². The first-order valence-electron chi connectivity index (χ1n) is 6.56. The van der Waals surface area contributed by atoms with Crippen LogP contribution >= 0.6 is 34.2 Å². The normalized spacial score (nSPS) is 13.0. The zero-order valence-electron chi connectivity index (χ0n) is 11.7. The van der Waals surface area contributed by atoms with Gasteiger partial charge in [-0.05, 0) is 46.4 Å². The second kappa shape index (κ2) is 7.66. The van der Waals surface area contributed by atoms with E-state index in [1.165, 1.54) is 0 Å². The number of hydrogen-bond acceptors (Lipinski definition) is 1. The van der Waals surface area contributed by atoms with Crippen molar-refractivity contribution >= 4 is 45.8 Å². The van der Waals surface area contributed by atoms with Crippen molar-refractivity contribution in [1.29, 1.82) is 0 Å². The SMILES string of the molecule is CN(C(N)=NCC(Cl)c1ccccc1)c1cccc(I)c1. The molecule has 0 spiro atoms. The first kappa shape index (κ1) is 16.1. The molecule has 0 aromatic heterocycles. The number of hydrogen-bond donors (Lipinski definition) is 1. The van der Waals surface area contributed by atoms with Gasteiger partial charge in [-0.1, -0.05) is 36.4 Å². The molecule has 0 saturated heterocycles. The number of anilines is 1. The number of nitrogens with zero attached hydrogens (tertiary/aromatic N) is 2. The molecular weight excluding hydrogens is 397 g/mol. The lowest BCUT2D eigenvalue weighted by Gasteiger charge is -2.19. The van der Waals surface area contributed by atoms with E-state index < -0.39 is 0 Å². The van der Waals surface area contributed by atoms with E-state index in [1.807, 2.05) is 60.5 Å². The number of nitrogens with two attached hydrogens (primary N) is 1. The Kier molecular flexibility index (Phi) is 5.87. The van der Waals surface area contributed by atoms with Crippen LogP contribution in [0.1, 0.15) is 10.9 Å². The van der Waals surface area contributed by atoms with E-state index in [2.05, 4.69) is 33.6 Å². The highest BCUT2D eigenvalue weighted by molar-refractivity contribution is 14.1. The predicted octanol–water partition coefficient (Wildman–Crippen LogP) is 4.02. The van der Waals surface area contributed by atoms with E-state index in [4.69, 9.17) is 17.3 Å². The molecular formula is C16H17ClIN3. The molecule has 1 unspecified atom stereocenters. The summed E-state index contributed by atoms with van der Waals surface area (Å²) in [6.45, 7) is 0.450. The summed E-state index contributed by atoms with van der Waals surface area (Å²) in [7, 11) is 1.90. The highest BCUT2D eigenvalue weighted by Gasteiger charge is 2.09. The maximum atomic E-state index is 6.34. The Morgan fingerprint density at radius 1 is 1.24 bits per heavy atom. The molecule has 0 saturated carbocycles. The molecule has 0 bridgehead atoms. The van der Waals surface area contributed by atoms with Gasteiger partial charge in [-0.2, -0.15) is 0 Å². The number of aliphatic imine (C=N–C) groups is 1. The van der Waals surface area contributed by atoms with Gasteiger partial charge in [-0.25, -0.2) is 0 Å². The fourth-order valence-electron chi connectivity index (χ4n) is 1.86. The maximum absolute atomic E-state index is 6.34. The van der Waals surface area contributed by atoms with Crippen LogP contribution in [0.15, 0.2) is 59.6 Å². The van der Waals surface area contributed by atoms with Gasteiger partial charge in [0.25, 0.3) is 0 Å². The molecule has 0 heterocycles. The van der Waals surface area contributed by atoms with Gasteiger partial charge >= 0.3 is 0 Å². The standard InChI is InChI=1S/C16H17ClIN3/c1-21(14-9-5-8-13(18)10-14)16(19)20-11-15(17)12-6-3-2-4-7-12/h2-10,15H,11H2,1H3,(H2,19,20). The van der Waals surface area contributed by atoms with E-state index >= 15 is 0 Å². The van der Waals surface area contributed by atoms with Crippen LogP contribution in [0, 0.1) is 3.57 Å². The molecule has 2 aromatic rings. The fraction of sp³-hybridized carbons (Fsp3) is 0.188. The van der Waals surface area contributed by atoms with Gasteiger partial charge in [0.15, 0.2) is 5.96 Å². The van der Waals surface area contributed by atoms with E-state index in [-0.39, 0.29) is 5.38 Å². The minimum Gasteiger partial charge on any atom is -0.370 e. The molecule has 0 aliphatic rings. The van der Waals surface area contributed by atoms with Crippen LogP contribution in [0.3, 0.4) is 0 Å². The zero-order valence-corrected chi connectivity index (χ0v) is 14.6. The second-order valence-electron chi connectivity index (χ2n) is 4.62. The maximum Gasteiger partial charge on any atom is 0.195 e. The van der Waals surface area contributed by atoms with Crippen molar-refractivity contribution in [2.75, 3.05) is 18.5 Å². The van der Waals surface area contributed by atoms with Crippen LogP contribution in [0.2, 0.25) is 0 Å². The lowest BCUT2D eigenvalue weighted by molar-refractivity contribution is 0.921. The van der Waals surface area contributed by atoms with Crippen LogP contribution in [0.4, 0.5) is 5.69 Å². The molecule has 2 N–H and O–H groups in total. The number of rotatable bonds is 4. The first-order valence-corrected chi connectivity index (χ1v) is 8.07. The molecule has 0 aliphatic carbocycles. The number of benzene rings is 2. The van der Waals surface area contributed by atoms with Crippen molar-refractivity contribution in [1.82, 2.24) is 0 Å². The van der Waals surface area contributed by atoms with E-state index in [9.17, 15) is 0 Å². The average molecular weight is 414 g/mol. The fourth-order valence-corrected chi connectivity index (χ4v) is 2.61. The predicted molar refractivity (Wildman–Crippen MR) is 99.1 cm³/mol. The quantitative estimate of drug-likeness (QED) is 0.356. The highest BCUT2D eigenvalue weighted by atomic mass is 127. The Balaban J connectivity index is 2.04. The topological polar surface area (TPSA) is 41.6 Å². The summed E-state index contributed by atoms with van der Waals surface area (Å²) in [6.07, 6.45) is 0. The molecule has 2 aromatic carbocycles. The van der Waals surface area contributed by atoms with Crippen LogP contribution < -0.4 is 10.6 Å².